The number of amides is 2. The Kier molecular flexibility index (Phi) is 6.54. The number of benzene rings is 3. The first-order chi connectivity index (χ1) is 16.5. The van der Waals surface area contributed by atoms with Crippen LogP contribution in [0.15, 0.2) is 60.7 Å². The fraction of sp³-hybridized carbons (Fsp3) is 0.217. The monoisotopic (exact) mass is 509 g/mol. The van der Waals surface area contributed by atoms with Crippen LogP contribution in [0.5, 0.6) is 5.75 Å². The molecule has 35 heavy (non-hydrogen) atoms. The summed E-state index contributed by atoms with van der Waals surface area (Å²) < 4.78 is 76.9. The third-order valence-corrected chi connectivity index (χ3v) is 6.03. The number of rotatable bonds is 8. The molecule has 12 heteroatoms. The van der Waals surface area contributed by atoms with Gasteiger partial charge in [0.15, 0.2) is 6.29 Å². The molecule has 1 unspecified atom stereocenters. The van der Waals surface area contributed by atoms with Crippen LogP contribution in [0.1, 0.15) is 39.6 Å². The van der Waals surface area contributed by atoms with Crippen LogP contribution in [0.25, 0.3) is 10.8 Å². The van der Waals surface area contributed by atoms with Crippen LogP contribution < -0.4 is 4.74 Å². The number of ether oxygens (including phenoxy) is 2. The van der Waals surface area contributed by atoms with Gasteiger partial charge in [0, 0.05) is 11.8 Å². The molecule has 3 aromatic rings. The molecular weight excluding hydrogens is 491 g/mol. The van der Waals surface area contributed by atoms with Gasteiger partial charge in [0.05, 0.1) is 17.7 Å². The smallest absolute Gasteiger partial charge is 0.465 e. The molecule has 0 N–H and O–H groups in total. The molecule has 0 fully saturated rings. The Morgan fingerprint density at radius 1 is 0.943 bits per heavy atom. The van der Waals surface area contributed by atoms with Crippen molar-refractivity contribution in [2.45, 2.75) is 31.7 Å². The molecule has 0 aromatic heterocycles. The molecule has 1 heterocycles. The van der Waals surface area contributed by atoms with Crippen LogP contribution in [0.2, 0.25) is 0 Å². The summed E-state index contributed by atoms with van der Waals surface area (Å²) in [5.41, 5.74) is -5.40. The largest absolute Gasteiger partial charge is 0.525 e. The minimum Gasteiger partial charge on any atom is -0.465 e. The summed E-state index contributed by atoms with van der Waals surface area (Å²) in [5.74, 6) is -2.59. The van der Waals surface area contributed by atoms with Gasteiger partial charge in [-0.1, -0.05) is 49.4 Å². The van der Waals surface area contributed by atoms with Crippen molar-refractivity contribution in [3.8, 4) is 5.75 Å². The maximum absolute atomic E-state index is 12.9. The Bertz CT molecular complexity index is 1390. The molecule has 0 aliphatic carbocycles. The predicted octanol–water partition coefficient (Wildman–Crippen LogP) is 4.55. The Balaban J connectivity index is 1.66. The number of alkyl halides is 3. The van der Waals surface area contributed by atoms with E-state index in [2.05, 4.69) is 4.28 Å². The zero-order valence-corrected chi connectivity index (χ0v) is 18.9. The van der Waals surface area contributed by atoms with E-state index in [4.69, 9.17) is 9.47 Å². The molecule has 1 aliphatic heterocycles. The van der Waals surface area contributed by atoms with Gasteiger partial charge in [-0.05, 0) is 29.1 Å². The third kappa shape index (κ3) is 4.85. The molecule has 8 nitrogen and oxygen atoms in total. The number of hydroxylamine groups is 2. The number of nitrogens with zero attached hydrogens (tertiary/aromatic N) is 1. The second-order valence-corrected chi connectivity index (χ2v) is 9.03. The van der Waals surface area contributed by atoms with E-state index in [1.807, 2.05) is 30.3 Å². The van der Waals surface area contributed by atoms with Crippen LogP contribution in [0.3, 0.4) is 0 Å². The maximum atomic E-state index is 12.9. The van der Waals surface area contributed by atoms with E-state index in [1.165, 1.54) is 18.2 Å². The van der Waals surface area contributed by atoms with Crippen molar-refractivity contribution in [2.24, 2.45) is 0 Å². The van der Waals surface area contributed by atoms with Crippen LogP contribution in [-0.4, -0.2) is 37.1 Å². The normalized spacial score (nSPS) is 14.9. The third-order valence-electron chi connectivity index (χ3n) is 5.12. The number of halogens is 3. The molecule has 0 saturated heterocycles. The van der Waals surface area contributed by atoms with Crippen molar-refractivity contribution in [1.29, 1.82) is 0 Å². The summed E-state index contributed by atoms with van der Waals surface area (Å²) in [6.07, 6.45) is -0.313. The van der Waals surface area contributed by atoms with E-state index in [0.29, 0.717) is 11.8 Å². The predicted molar refractivity (Wildman–Crippen MR) is 116 cm³/mol. The Morgan fingerprint density at radius 3 is 2.29 bits per heavy atom. The number of imide groups is 1. The summed E-state index contributed by atoms with van der Waals surface area (Å²) in [6, 6.07) is 16.3. The molecule has 0 radical (unpaired) electrons. The zero-order chi connectivity index (χ0) is 25.4. The van der Waals surface area contributed by atoms with Crippen LogP contribution in [-0.2, 0) is 25.7 Å². The number of hydrogen-bond donors (Lipinski definition) is 0. The highest BCUT2D eigenvalue weighted by Crippen LogP contribution is 2.36. The molecule has 1 atom stereocenters. The van der Waals surface area contributed by atoms with Gasteiger partial charge >= 0.3 is 15.6 Å². The van der Waals surface area contributed by atoms with Crippen LogP contribution in [0, 0.1) is 0 Å². The van der Waals surface area contributed by atoms with Crippen LogP contribution >= 0.6 is 0 Å². The van der Waals surface area contributed by atoms with E-state index in [1.54, 1.807) is 19.1 Å². The summed E-state index contributed by atoms with van der Waals surface area (Å²) in [4.78, 5) is 25.5. The van der Waals surface area contributed by atoms with Crippen molar-refractivity contribution in [3.05, 3.63) is 77.4 Å². The number of carbonyl (C=O) groups excluding carboxylic acids is 2. The summed E-state index contributed by atoms with van der Waals surface area (Å²) in [7, 11) is -6.27. The molecule has 184 valence electrons. The van der Waals surface area contributed by atoms with Gasteiger partial charge in [-0.2, -0.15) is 21.6 Å². The first kappa shape index (κ1) is 24.6. The molecule has 3 aromatic carbocycles. The summed E-state index contributed by atoms with van der Waals surface area (Å²) >= 11 is 0. The lowest BCUT2D eigenvalue weighted by molar-refractivity contribution is -0.0906. The minimum atomic E-state index is -6.27. The minimum absolute atomic E-state index is 0.130. The molecule has 0 saturated carbocycles. The Hall–Kier alpha value is -3.48. The topological polar surface area (TPSA) is 99.2 Å². The Labute approximate surface area is 197 Å². The highest BCUT2D eigenvalue weighted by molar-refractivity contribution is 7.87. The fourth-order valence-electron chi connectivity index (χ4n) is 3.48. The van der Waals surface area contributed by atoms with Gasteiger partial charge < -0.3 is 9.47 Å². The first-order valence-corrected chi connectivity index (χ1v) is 11.7. The van der Waals surface area contributed by atoms with Crippen molar-refractivity contribution in [1.82, 2.24) is 5.06 Å². The molecular formula is C23H18F3NO7S. The van der Waals surface area contributed by atoms with E-state index in [-0.39, 0.29) is 28.9 Å². The summed E-state index contributed by atoms with van der Waals surface area (Å²) in [6.45, 7) is 2.05. The second-order valence-electron chi connectivity index (χ2n) is 7.51. The lowest BCUT2D eigenvalue weighted by atomic mass is 9.95. The first-order valence-electron chi connectivity index (χ1n) is 10.3. The fourth-order valence-corrected chi connectivity index (χ4v) is 3.90. The average Bonchev–Trinajstić information content (AvgIpc) is 2.82. The standard InChI is InChI=1S/C23H18F3NO7S/c1-2-19(32-13-14-7-4-3-5-8-14)33-16-11-15-9-6-10-17-20(15)18(12-16)22(29)27(21(17)28)34-35(30,31)23(24,25)26/h3-12,19H,2,13H2,1H3. The molecule has 4 rings (SSSR count). The van der Waals surface area contributed by atoms with Gasteiger partial charge in [0.25, 0.3) is 11.8 Å². The van der Waals surface area contributed by atoms with Gasteiger partial charge in [-0.3, -0.25) is 9.59 Å². The zero-order valence-electron chi connectivity index (χ0n) is 18.1. The van der Waals surface area contributed by atoms with Gasteiger partial charge in [-0.15, -0.1) is 9.35 Å². The van der Waals surface area contributed by atoms with Crippen LogP contribution in [0.4, 0.5) is 13.2 Å². The van der Waals surface area contributed by atoms with Gasteiger partial charge in [-0.25, -0.2) is 0 Å². The highest BCUT2D eigenvalue weighted by Gasteiger charge is 2.51. The number of carbonyl (C=O) groups is 2. The Morgan fingerprint density at radius 2 is 1.63 bits per heavy atom. The molecule has 0 bridgehead atoms. The molecule has 0 spiro atoms. The molecule has 1 aliphatic rings. The maximum Gasteiger partial charge on any atom is 0.525 e. The van der Waals surface area contributed by atoms with Gasteiger partial charge in [0.1, 0.15) is 5.75 Å². The lowest BCUT2D eigenvalue weighted by Crippen LogP contribution is -2.44. The van der Waals surface area contributed by atoms with Crippen molar-refractivity contribution in [3.63, 3.8) is 0 Å². The molecule has 2 amide bonds. The van der Waals surface area contributed by atoms with Crippen molar-refractivity contribution < 1.29 is 44.9 Å². The second kappa shape index (κ2) is 9.29. The SMILES string of the molecule is CCC(OCc1ccccc1)Oc1cc2c3c(cccc3c1)C(=O)N(OS(=O)(=O)C(F)(F)F)C2=O. The van der Waals surface area contributed by atoms with E-state index >= 15 is 0 Å². The summed E-state index contributed by atoms with van der Waals surface area (Å²) in [5, 5.41) is 0.109. The van der Waals surface area contributed by atoms with Gasteiger partial charge in [0.2, 0.25) is 0 Å². The highest BCUT2D eigenvalue weighted by atomic mass is 32.2. The van der Waals surface area contributed by atoms with E-state index in [0.717, 1.165) is 5.56 Å². The average molecular weight is 509 g/mol. The van der Waals surface area contributed by atoms with Crippen molar-refractivity contribution >= 4 is 32.7 Å². The van der Waals surface area contributed by atoms with Crippen molar-refractivity contribution in [2.75, 3.05) is 0 Å². The van der Waals surface area contributed by atoms with E-state index < -0.39 is 38.8 Å². The van der Waals surface area contributed by atoms with E-state index in [9.17, 15) is 31.2 Å². The number of hydrogen-bond acceptors (Lipinski definition) is 7. The quantitative estimate of drug-likeness (QED) is 0.250. The lowest BCUT2D eigenvalue weighted by Gasteiger charge is -2.26.